The fourth-order valence-electron chi connectivity index (χ4n) is 6.19. The number of benzene rings is 4. The predicted molar refractivity (Wildman–Crippen MR) is 214 cm³/mol. The minimum absolute atomic E-state index is 0. The molecule has 0 bridgehead atoms. The van der Waals surface area contributed by atoms with Crippen LogP contribution in [0.2, 0.25) is 0 Å². The van der Waals surface area contributed by atoms with Crippen LogP contribution in [0.3, 0.4) is 0 Å². The third-order valence-corrected chi connectivity index (χ3v) is 13.8. The van der Waals surface area contributed by atoms with Crippen LogP contribution < -0.4 is 21.2 Å². The molecule has 0 spiro atoms. The molecule has 0 unspecified atom stereocenters. The van der Waals surface area contributed by atoms with Gasteiger partial charge in [-0.2, -0.15) is 0 Å². The van der Waals surface area contributed by atoms with Crippen molar-refractivity contribution < 1.29 is 46.3 Å². The maximum atomic E-state index is 13.7. The summed E-state index contributed by atoms with van der Waals surface area (Å²) >= 11 is 0. The Kier molecular flexibility index (Phi) is 19.2. The zero-order valence-corrected chi connectivity index (χ0v) is 34.0. The van der Waals surface area contributed by atoms with Crippen LogP contribution in [0.1, 0.15) is 52.9 Å². The van der Waals surface area contributed by atoms with Gasteiger partial charge >= 0.3 is 13.3 Å². The molecule has 2 atom stereocenters. The third-order valence-electron chi connectivity index (χ3n) is 8.32. The van der Waals surface area contributed by atoms with Crippen LogP contribution in [0.4, 0.5) is 22.1 Å². The van der Waals surface area contributed by atoms with Crippen molar-refractivity contribution in [3.8, 4) is 0 Å². The number of ether oxygens (including phenoxy) is 1. The number of halogens is 4. The number of nitrogens with zero attached hydrogens (tertiary/aromatic N) is 1. The van der Waals surface area contributed by atoms with Gasteiger partial charge in [0.15, 0.2) is 0 Å². The molecule has 5 radical (unpaired) electrons. The Morgan fingerprint density at radius 1 is 0.660 bits per heavy atom. The Labute approximate surface area is 330 Å². The molecule has 285 valence electrons. The molecule has 1 aliphatic heterocycles. The van der Waals surface area contributed by atoms with Gasteiger partial charge < -0.3 is 26.9 Å². The van der Waals surface area contributed by atoms with Gasteiger partial charge in [0, 0.05) is 37.7 Å². The first-order valence-corrected chi connectivity index (χ1v) is 20.8. The Bertz CT molecular complexity index is 1480. The van der Waals surface area contributed by atoms with Gasteiger partial charge in [-0.3, -0.25) is 0 Å². The summed E-state index contributed by atoms with van der Waals surface area (Å²) in [5.74, 6) is 0. The molecule has 1 aliphatic carbocycles. The first-order valence-electron chi connectivity index (χ1n) is 17.8. The standard InChI is InChI=1S/C34H37NO2P2.C8H12.BF4.Rh/c1-34(2,3)37-33(36)35-25-32(39(30-20-12-6-13-21-30)31-22-14-7-15-23-31)24-27(35)26-38(28-16-8-4-9-17-28)29-18-10-5-11-19-29;1-2-4-6-8-7-5-3-1;2-1(3,4)5;/h4-23,27,32H,24-26H2,1-3H3;1-2,7-8H,3-6H2;;/q;;-1;/t27-,32-;;;/m0.../s1. The van der Waals surface area contributed by atoms with E-state index in [9.17, 15) is 22.1 Å². The van der Waals surface area contributed by atoms with E-state index in [0.717, 1.165) is 12.6 Å². The minimum atomic E-state index is -6.00. The largest absolute Gasteiger partial charge is 0.673 e. The predicted octanol–water partition coefficient (Wildman–Crippen LogP) is 10.3. The molecular weight excluding hydrogens is 802 g/mol. The van der Waals surface area contributed by atoms with Crippen molar-refractivity contribution in [2.24, 2.45) is 0 Å². The molecule has 3 nitrogen and oxygen atoms in total. The molecule has 4 aromatic carbocycles. The Hall–Kier alpha value is -2.58. The van der Waals surface area contributed by atoms with Crippen molar-refractivity contribution >= 4 is 50.4 Å². The monoisotopic (exact) mass is 851 g/mol. The molecule has 6 rings (SSSR count). The third kappa shape index (κ3) is 16.4. The van der Waals surface area contributed by atoms with E-state index in [1.807, 2.05) is 20.8 Å². The summed E-state index contributed by atoms with van der Waals surface area (Å²) in [7, 11) is -7.27. The summed E-state index contributed by atoms with van der Waals surface area (Å²) in [5, 5.41) is 5.42. The van der Waals surface area contributed by atoms with Crippen molar-refractivity contribution in [1.82, 2.24) is 4.90 Å². The second-order valence-corrected chi connectivity index (χ2v) is 18.3. The van der Waals surface area contributed by atoms with E-state index in [4.69, 9.17) is 4.74 Å². The number of likely N-dealkylation sites (tertiary alicyclic amines) is 1. The van der Waals surface area contributed by atoms with Crippen LogP contribution in [0.25, 0.3) is 0 Å². The smallest absolute Gasteiger partial charge is 0.444 e. The zero-order chi connectivity index (χ0) is 37.4. The fourth-order valence-corrected chi connectivity index (χ4v) is 11.7. The fraction of sp³-hybridized carbons (Fsp3) is 0.310. The van der Waals surface area contributed by atoms with Crippen LogP contribution in [0, 0.1) is 25.7 Å². The Balaban J connectivity index is 0.000000458. The van der Waals surface area contributed by atoms with Gasteiger partial charge in [-0.1, -0.05) is 121 Å². The number of carbonyl (C=O) groups is 1. The van der Waals surface area contributed by atoms with E-state index in [0.29, 0.717) is 12.2 Å². The van der Waals surface area contributed by atoms with Gasteiger partial charge in [-0.25, -0.2) is 4.79 Å². The summed E-state index contributed by atoms with van der Waals surface area (Å²) in [6, 6.07) is 43.4. The quantitative estimate of drug-likeness (QED) is 0.105. The van der Waals surface area contributed by atoms with Crippen LogP contribution >= 0.6 is 15.8 Å². The van der Waals surface area contributed by atoms with Gasteiger partial charge in [0.1, 0.15) is 5.60 Å². The van der Waals surface area contributed by atoms with E-state index in [2.05, 4.69) is 152 Å². The van der Waals surface area contributed by atoms with Crippen molar-refractivity contribution in [2.75, 3.05) is 12.7 Å². The Morgan fingerprint density at radius 2 is 1.00 bits per heavy atom. The van der Waals surface area contributed by atoms with E-state index in [1.54, 1.807) is 0 Å². The zero-order valence-electron chi connectivity index (χ0n) is 30.5. The SMILES string of the molecule is CC(C)(C)OC(=O)N1C[C@@H](P(c2ccccc2)c2ccccc2)C[C@H]1CP(c1ccccc1)c1ccccc1.F[B-](F)(F)F.[CH]1[CH]CC[CH][CH]CC1.[Rh]. The molecular formula is C42H49BF4NO2P2Rh-. The molecule has 11 heteroatoms. The molecule has 1 amide bonds. The van der Waals surface area contributed by atoms with Crippen LogP contribution in [-0.4, -0.2) is 48.3 Å². The number of amides is 1. The average molecular weight is 852 g/mol. The van der Waals surface area contributed by atoms with Gasteiger partial charge in [0.25, 0.3) is 0 Å². The van der Waals surface area contributed by atoms with Crippen molar-refractivity contribution in [1.29, 1.82) is 0 Å². The second-order valence-electron chi connectivity index (χ2n) is 13.6. The van der Waals surface area contributed by atoms with Crippen LogP contribution in [-0.2, 0) is 24.2 Å². The molecule has 1 saturated heterocycles. The molecule has 2 aliphatic rings. The average Bonchev–Trinajstić information content (AvgIpc) is 3.51. The molecule has 4 aromatic rings. The van der Waals surface area contributed by atoms with Crippen LogP contribution in [0.5, 0.6) is 0 Å². The van der Waals surface area contributed by atoms with Crippen molar-refractivity contribution in [3.05, 3.63) is 147 Å². The summed E-state index contributed by atoms with van der Waals surface area (Å²) in [5.41, 5.74) is -0.182. The maximum Gasteiger partial charge on any atom is 0.673 e. The maximum absolute atomic E-state index is 13.7. The summed E-state index contributed by atoms with van der Waals surface area (Å²) in [6.45, 7) is 6.57. The topological polar surface area (TPSA) is 29.5 Å². The summed E-state index contributed by atoms with van der Waals surface area (Å²) in [4.78, 5) is 15.7. The Morgan fingerprint density at radius 3 is 1.34 bits per heavy atom. The number of rotatable bonds is 7. The molecule has 1 heterocycles. The van der Waals surface area contributed by atoms with E-state index < -0.39 is 28.7 Å². The second kappa shape index (κ2) is 22.7. The van der Waals surface area contributed by atoms with E-state index in [-0.39, 0.29) is 31.6 Å². The first-order chi connectivity index (χ1) is 24.9. The normalized spacial score (nSPS) is 17.6. The summed E-state index contributed by atoms with van der Waals surface area (Å²) < 4.78 is 45.0. The van der Waals surface area contributed by atoms with Crippen molar-refractivity contribution in [3.63, 3.8) is 0 Å². The molecule has 1 saturated carbocycles. The number of hydrogen-bond acceptors (Lipinski definition) is 2. The van der Waals surface area contributed by atoms with Gasteiger partial charge in [0.2, 0.25) is 0 Å². The number of hydrogen-bond donors (Lipinski definition) is 0. The molecule has 0 N–H and O–H groups in total. The van der Waals surface area contributed by atoms with Gasteiger partial charge in [-0.15, -0.1) is 0 Å². The molecule has 2 fully saturated rings. The summed E-state index contributed by atoms with van der Waals surface area (Å²) in [6.07, 6.45) is 15.7. The van der Waals surface area contributed by atoms with Crippen LogP contribution in [0.15, 0.2) is 121 Å². The van der Waals surface area contributed by atoms with Gasteiger partial charge in [0.05, 0.1) is 0 Å². The number of carbonyl (C=O) groups excluding carboxylic acids is 1. The van der Waals surface area contributed by atoms with Gasteiger partial charge in [-0.05, 0) is 122 Å². The molecule has 0 aromatic heterocycles. The van der Waals surface area contributed by atoms with Crippen molar-refractivity contribution in [2.45, 2.75) is 70.2 Å². The van der Waals surface area contributed by atoms with E-state index >= 15 is 0 Å². The van der Waals surface area contributed by atoms with E-state index in [1.165, 1.54) is 46.9 Å². The molecule has 53 heavy (non-hydrogen) atoms. The minimum Gasteiger partial charge on any atom is -0.444 e. The first kappa shape index (κ1) is 44.8.